The zero-order valence-corrected chi connectivity index (χ0v) is 18.3. The third kappa shape index (κ3) is 8.09. The first-order valence-corrected chi connectivity index (χ1v) is 10.6. The SMILES string of the molecule is CCOC(=O)[C@H](/C=C(/Cl)[C@@H](NS(=O)(=O)C(C)(C)C)C(C)C)CC(C)C. The lowest BCUT2D eigenvalue weighted by molar-refractivity contribution is -0.146. The van der Waals surface area contributed by atoms with E-state index in [2.05, 4.69) is 4.72 Å². The summed E-state index contributed by atoms with van der Waals surface area (Å²) in [4.78, 5) is 12.2. The Bertz CT molecular complexity index is 562. The molecule has 0 amide bonds. The topological polar surface area (TPSA) is 72.5 Å². The predicted octanol–water partition coefficient (Wildman–Crippen LogP) is 4.08. The first-order valence-electron chi connectivity index (χ1n) is 8.78. The summed E-state index contributed by atoms with van der Waals surface area (Å²) < 4.78 is 31.8. The minimum Gasteiger partial charge on any atom is -0.466 e. The zero-order valence-electron chi connectivity index (χ0n) is 16.7. The van der Waals surface area contributed by atoms with Crippen LogP contribution in [-0.2, 0) is 19.6 Å². The molecule has 25 heavy (non-hydrogen) atoms. The van der Waals surface area contributed by atoms with Crippen molar-refractivity contribution in [1.82, 2.24) is 4.72 Å². The second-order valence-electron chi connectivity index (χ2n) is 7.99. The molecule has 0 aromatic rings. The molecule has 0 bridgehead atoms. The highest BCUT2D eigenvalue weighted by Crippen LogP contribution is 2.25. The number of esters is 1. The van der Waals surface area contributed by atoms with Crippen LogP contribution in [0.15, 0.2) is 11.1 Å². The number of halogens is 1. The van der Waals surface area contributed by atoms with Crippen LogP contribution in [0.3, 0.4) is 0 Å². The first-order chi connectivity index (χ1) is 11.2. The number of carbonyl (C=O) groups excluding carboxylic acids is 1. The molecule has 0 rings (SSSR count). The molecular formula is C18H34ClNO4S. The minimum atomic E-state index is -3.57. The van der Waals surface area contributed by atoms with E-state index in [0.29, 0.717) is 18.1 Å². The van der Waals surface area contributed by atoms with Gasteiger partial charge in [0.15, 0.2) is 0 Å². The molecule has 0 spiro atoms. The van der Waals surface area contributed by atoms with Gasteiger partial charge in [-0.25, -0.2) is 13.1 Å². The summed E-state index contributed by atoms with van der Waals surface area (Å²) in [6, 6.07) is -0.588. The maximum atomic E-state index is 12.5. The molecule has 0 fully saturated rings. The Labute approximate surface area is 158 Å². The van der Waals surface area contributed by atoms with Gasteiger partial charge in [-0.05, 0) is 46.0 Å². The predicted molar refractivity (Wildman–Crippen MR) is 104 cm³/mol. The van der Waals surface area contributed by atoms with Crippen molar-refractivity contribution < 1.29 is 17.9 Å². The highest BCUT2D eigenvalue weighted by molar-refractivity contribution is 7.90. The summed E-state index contributed by atoms with van der Waals surface area (Å²) in [6.45, 7) is 14.7. The van der Waals surface area contributed by atoms with Crippen LogP contribution in [0.5, 0.6) is 0 Å². The third-order valence-electron chi connectivity index (χ3n) is 3.73. The summed E-state index contributed by atoms with van der Waals surface area (Å²) in [7, 11) is -3.57. The van der Waals surface area contributed by atoms with Gasteiger partial charge in [0.05, 0.1) is 23.3 Å². The van der Waals surface area contributed by atoms with Crippen LogP contribution in [0.25, 0.3) is 0 Å². The Morgan fingerprint density at radius 1 is 1.20 bits per heavy atom. The van der Waals surface area contributed by atoms with Crippen LogP contribution >= 0.6 is 11.6 Å². The number of ether oxygens (including phenoxy) is 1. The van der Waals surface area contributed by atoms with Crippen molar-refractivity contribution in [2.24, 2.45) is 17.8 Å². The third-order valence-corrected chi connectivity index (χ3v) is 6.26. The lowest BCUT2D eigenvalue weighted by atomic mass is 9.94. The van der Waals surface area contributed by atoms with Crippen LogP contribution in [0.2, 0.25) is 0 Å². The number of hydrogen-bond donors (Lipinski definition) is 1. The number of carbonyl (C=O) groups is 1. The van der Waals surface area contributed by atoms with E-state index in [9.17, 15) is 13.2 Å². The van der Waals surface area contributed by atoms with Crippen molar-refractivity contribution in [2.75, 3.05) is 6.61 Å². The van der Waals surface area contributed by atoms with Crippen LogP contribution < -0.4 is 4.72 Å². The van der Waals surface area contributed by atoms with Crippen LogP contribution in [-0.4, -0.2) is 31.8 Å². The normalized spacial score (nSPS) is 16.2. The number of rotatable bonds is 9. The molecule has 0 heterocycles. The molecule has 0 aromatic heterocycles. The van der Waals surface area contributed by atoms with E-state index >= 15 is 0 Å². The summed E-state index contributed by atoms with van der Waals surface area (Å²) in [6.07, 6.45) is 2.22. The average Bonchev–Trinajstić information content (AvgIpc) is 2.42. The average molecular weight is 396 g/mol. The van der Waals surface area contributed by atoms with Crippen LogP contribution in [0, 0.1) is 17.8 Å². The fourth-order valence-electron chi connectivity index (χ4n) is 2.14. The molecule has 0 radical (unpaired) electrons. The van der Waals surface area contributed by atoms with Crippen molar-refractivity contribution in [1.29, 1.82) is 0 Å². The molecule has 1 N–H and O–H groups in total. The second kappa shape index (κ2) is 9.93. The number of sulfonamides is 1. The van der Waals surface area contributed by atoms with Gasteiger partial charge in [0, 0.05) is 5.03 Å². The quantitative estimate of drug-likeness (QED) is 0.597. The van der Waals surface area contributed by atoms with Crippen molar-refractivity contribution >= 4 is 27.6 Å². The summed E-state index contributed by atoms with van der Waals surface area (Å²) >= 11 is 6.45. The summed E-state index contributed by atoms with van der Waals surface area (Å²) in [5.74, 6) is -0.620. The van der Waals surface area contributed by atoms with Gasteiger partial charge in [-0.3, -0.25) is 4.79 Å². The molecular weight excluding hydrogens is 362 g/mol. The van der Waals surface area contributed by atoms with E-state index in [1.165, 1.54) is 0 Å². The van der Waals surface area contributed by atoms with Gasteiger partial charge in [0.25, 0.3) is 0 Å². The molecule has 0 unspecified atom stereocenters. The minimum absolute atomic E-state index is 0.0669. The molecule has 0 aliphatic rings. The van der Waals surface area contributed by atoms with E-state index < -0.39 is 26.7 Å². The van der Waals surface area contributed by atoms with Crippen LogP contribution in [0.1, 0.15) is 61.8 Å². The highest BCUT2D eigenvalue weighted by Gasteiger charge is 2.33. The fourth-order valence-corrected chi connectivity index (χ4v) is 3.75. The smallest absolute Gasteiger partial charge is 0.312 e. The van der Waals surface area contributed by atoms with Gasteiger partial charge in [0.2, 0.25) is 10.0 Å². The Morgan fingerprint density at radius 3 is 2.08 bits per heavy atom. The van der Waals surface area contributed by atoms with Crippen molar-refractivity contribution in [2.45, 2.75) is 72.6 Å². The number of hydrogen-bond acceptors (Lipinski definition) is 4. The van der Waals surface area contributed by atoms with E-state index in [1.54, 1.807) is 33.8 Å². The summed E-state index contributed by atoms with van der Waals surface area (Å²) in [5, 5.41) is 0.321. The van der Waals surface area contributed by atoms with Crippen LogP contribution in [0.4, 0.5) is 0 Å². The van der Waals surface area contributed by atoms with Gasteiger partial charge in [-0.15, -0.1) is 0 Å². The first kappa shape index (κ1) is 24.4. The molecule has 2 atom stereocenters. The van der Waals surface area contributed by atoms with Crippen molar-refractivity contribution in [3.63, 3.8) is 0 Å². The maximum Gasteiger partial charge on any atom is 0.312 e. The molecule has 0 saturated heterocycles. The summed E-state index contributed by atoms with van der Waals surface area (Å²) in [5.41, 5.74) is 0. The van der Waals surface area contributed by atoms with Crippen molar-refractivity contribution in [3.8, 4) is 0 Å². The van der Waals surface area contributed by atoms with E-state index in [4.69, 9.17) is 16.3 Å². The lowest BCUT2D eigenvalue weighted by Gasteiger charge is -2.28. The van der Waals surface area contributed by atoms with E-state index in [1.807, 2.05) is 27.7 Å². The van der Waals surface area contributed by atoms with E-state index in [0.717, 1.165) is 0 Å². The Morgan fingerprint density at radius 2 is 1.72 bits per heavy atom. The van der Waals surface area contributed by atoms with Gasteiger partial charge in [-0.2, -0.15) is 0 Å². The Kier molecular flexibility index (Phi) is 9.69. The molecule has 7 heteroatoms. The highest BCUT2D eigenvalue weighted by atomic mass is 35.5. The fraction of sp³-hybridized carbons (Fsp3) is 0.833. The maximum absolute atomic E-state index is 12.5. The largest absolute Gasteiger partial charge is 0.466 e. The van der Waals surface area contributed by atoms with E-state index in [-0.39, 0.29) is 17.8 Å². The van der Waals surface area contributed by atoms with Gasteiger partial charge in [-0.1, -0.05) is 45.4 Å². The van der Waals surface area contributed by atoms with Crippen molar-refractivity contribution in [3.05, 3.63) is 11.1 Å². The lowest BCUT2D eigenvalue weighted by Crippen LogP contribution is -2.47. The number of nitrogens with one attached hydrogen (secondary N) is 1. The zero-order chi connectivity index (χ0) is 20.0. The standard InChI is InChI=1S/C18H34ClNO4S/c1-9-24-17(21)14(10-12(2)3)11-15(19)16(13(4)5)20-25(22,23)18(6,7)8/h11-14,16,20H,9-10H2,1-8H3/b15-11+/t14-,16-/m0/s1. The molecule has 0 aliphatic carbocycles. The second-order valence-corrected chi connectivity index (χ2v) is 10.9. The van der Waals surface area contributed by atoms with Gasteiger partial charge >= 0.3 is 5.97 Å². The van der Waals surface area contributed by atoms with Gasteiger partial charge < -0.3 is 4.74 Å². The Balaban J connectivity index is 5.64. The molecule has 5 nitrogen and oxygen atoms in total. The van der Waals surface area contributed by atoms with Gasteiger partial charge in [0.1, 0.15) is 0 Å². The molecule has 0 saturated carbocycles. The monoisotopic (exact) mass is 395 g/mol. The Hall–Kier alpha value is -0.590. The molecule has 148 valence electrons. The molecule has 0 aromatic carbocycles. The molecule has 0 aliphatic heterocycles.